The molecule has 0 bridgehead atoms. The van der Waals surface area contributed by atoms with Crippen molar-refractivity contribution in [2.75, 3.05) is 0 Å². The molecular formula is C12H12FNO4. The minimum absolute atomic E-state index is 0.0241. The van der Waals surface area contributed by atoms with E-state index in [4.69, 9.17) is 0 Å². The normalized spacial score (nSPS) is 9.72. The van der Waals surface area contributed by atoms with Gasteiger partial charge in [0.05, 0.1) is 5.56 Å². The Morgan fingerprint density at radius 3 is 2.22 bits per heavy atom. The summed E-state index contributed by atoms with van der Waals surface area (Å²) in [5.74, 6) is -2.72. The summed E-state index contributed by atoms with van der Waals surface area (Å²) in [5, 5.41) is 0.395. The second-order valence-electron chi connectivity index (χ2n) is 3.45. The first-order valence-electron chi connectivity index (χ1n) is 5.27. The summed E-state index contributed by atoms with van der Waals surface area (Å²) in [6.45, 7) is 2.63. The van der Waals surface area contributed by atoms with E-state index in [-0.39, 0.29) is 12.0 Å². The van der Waals surface area contributed by atoms with E-state index in [2.05, 4.69) is 4.84 Å². The first kappa shape index (κ1) is 13.8. The molecule has 0 spiro atoms. The smallest absolute Gasteiger partial charge is 0.325 e. The van der Waals surface area contributed by atoms with Crippen molar-refractivity contribution in [2.24, 2.45) is 0 Å². The van der Waals surface area contributed by atoms with Crippen molar-refractivity contribution in [3.8, 4) is 0 Å². The van der Waals surface area contributed by atoms with Crippen LogP contribution in [0, 0.1) is 5.82 Å². The highest BCUT2D eigenvalue weighted by molar-refractivity contribution is 5.96. The van der Waals surface area contributed by atoms with Crippen molar-refractivity contribution in [1.82, 2.24) is 5.06 Å². The van der Waals surface area contributed by atoms with Gasteiger partial charge in [0.15, 0.2) is 0 Å². The molecule has 0 aliphatic heterocycles. The van der Waals surface area contributed by atoms with Crippen LogP contribution in [0.4, 0.5) is 4.39 Å². The fourth-order valence-electron chi connectivity index (χ4n) is 1.16. The first-order valence-corrected chi connectivity index (χ1v) is 5.27. The third-order valence-corrected chi connectivity index (χ3v) is 2.07. The molecule has 0 saturated heterocycles. The number of hydrogen-bond acceptors (Lipinski definition) is 4. The Morgan fingerprint density at radius 1 is 1.22 bits per heavy atom. The second-order valence-corrected chi connectivity index (χ2v) is 3.45. The van der Waals surface area contributed by atoms with Crippen LogP contribution < -0.4 is 0 Å². The van der Waals surface area contributed by atoms with Gasteiger partial charge in [0.1, 0.15) is 5.82 Å². The summed E-state index contributed by atoms with van der Waals surface area (Å²) in [6, 6.07) is 4.56. The van der Waals surface area contributed by atoms with Crippen LogP contribution in [0.2, 0.25) is 0 Å². The number of carbonyl (C=O) groups is 3. The molecule has 0 aliphatic carbocycles. The van der Waals surface area contributed by atoms with Gasteiger partial charge in [-0.2, -0.15) is 0 Å². The number of benzene rings is 1. The van der Waals surface area contributed by atoms with Gasteiger partial charge >= 0.3 is 5.97 Å². The largest absolute Gasteiger partial charge is 0.363 e. The molecule has 0 atom stereocenters. The lowest BCUT2D eigenvalue weighted by Crippen LogP contribution is -2.36. The molecular weight excluding hydrogens is 241 g/mol. The van der Waals surface area contributed by atoms with Crippen LogP contribution in [-0.4, -0.2) is 22.8 Å². The van der Waals surface area contributed by atoms with E-state index in [0.717, 1.165) is 19.1 Å². The molecule has 0 aliphatic rings. The lowest BCUT2D eigenvalue weighted by molar-refractivity contribution is -0.178. The highest BCUT2D eigenvalue weighted by Gasteiger charge is 2.22. The molecule has 18 heavy (non-hydrogen) atoms. The van der Waals surface area contributed by atoms with Gasteiger partial charge in [0.25, 0.3) is 11.8 Å². The highest BCUT2D eigenvalue weighted by Crippen LogP contribution is 2.07. The van der Waals surface area contributed by atoms with E-state index >= 15 is 0 Å². The summed E-state index contributed by atoms with van der Waals surface area (Å²) in [7, 11) is 0. The number of rotatable bonds is 2. The summed E-state index contributed by atoms with van der Waals surface area (Å²) in [4.78, 5) is 38.7. The first-order chi connectivity index (χ1) is 8.45. The van der Waals surface area contributed by atoms with E-state index in [1.165, 1.54) is 19.1 Å². The Balaban J connectivity index is 2.82. The zero-order chi connectivity index (χ0) is 13.7. The van der Waals surface area contributed by atoms with Gasteiger partial charge in [0.2, 0.25) is 0 Å². The molecule has 1 aromatic carbocycles. The number of hydroxylamine groups is 2. The third kappa shape index (κ3) is 3.38. The molecule has 96 valence electrons. The molecule has 0 radical (unpaired) electrons. The molecule has 2 amide bonds. The Labute approximate surface area is 103 Å². The van der Waals surface area contributed by atoms with Crippen molar-refractivity contribution in [3.05, 3.63) is 35.6 Å². The molecule has 0 fully saturated rings. The van der Waals surface area contributed by atoms with E-state index in [9.17, 15) is 18.8 Å². The predicted octanol–water partition coefficient (Wildman–Crippen LogP) is 1.68. The molecule has 6 heteroatoms. The second kappa shape index (κ2) is 5.90. The van der Waals surface area contributed by atoms with Crippen molar-refractivity contribution in [3.63, 3.8) is 0 Å². The van der Waals surface area contributed by atoms with Gasteiger partial charge < -0.3 is 4.84 Å². The number of carbonyl (C=O) groups excluding carboxylic acids is 3. The fraction of sp³-hybridized carbons (Fsp3) is 0.250. The molecule has 0 heterocycles. The summed E-state index contributed by atoms with van der Waals surface area (Å²) in [5.41, 5.74) is 0.0477. The lowest BCUT2D eigenvalue weighted by Gasteiger charge is -2.16. The SMILES string of the molecule is CCC(=O)N(OC(=O)c1ccc(F)cc1)C(C)=O. The number of amides is 2. The Hall–Kier alpha value is -2.24. The summed E-state index contributed by atoms with van der Waals surface area (Å²) >= 11 is 0. The van der Waals surface area contributed by atoms with Crippen LogP contribution in [0.25, 0.3) is 0 Å². The molecule has 0 unspecified atom stereocenters. The molecule has 5 nitrogen and oxygen atoms in total. The average molecular weight is 253 g/mol. The van der Waals surface area contributed by atoms with Gasteiger partial charge in [-0.05, 0) is 24.3 Å². The quantitative estimate of drug-likeness (QED) is 0.752. The summed E-state index contributed by atoms with van der Waals surface area (Å²) in [6.07, 6.45) is 0.0241. The van der Waals surface area contributed by atoms with Crippen molar-refractivity contribution in [2.45, 2.75) is 20.3 Å². The standard InChI is InChI=1S/C12H12FNO4/c1-3-11(16)14(8(2)15)18-12(17)9-4-6-10(13)7-5-9/h4-7H,3H2,1-2H3. The van der Waals surface area contributed by atoms with Crippen molar-refractivity contribution < 1.29 is 23.6 Å². The monoisotopic (exact) mass is 253 g/mol. The summed E-state index contributed by atoms with van der Waals surface area (Å²) < 4.78 is 12.7. The third-order valence-electron chi connectivity index (χ3n) is 2.07. The topological polar surface area (TPSA) is 63.7 Å². The van der Waals surface area contributed by atoms with Crippen LogP contribution in [-0.2, 0) is 14.4 Å². The number of nitrogens with zero attached hydrogens (tertiary/aromatic N) is 1. The van der Waals surface area contributed by atoms with E-state index in [1.54, 1.807) is 0 Å². The van der Waals surface area contributed by atoms with Crippen molar-refractivity contribution >= 4 is 17.8 Å². The maximum absolute atomic E-state index is 12.7. The van der Waals surface area contributed by atoms with Crippen LogP contribution in [0.1, 0.15) is 30.6 Å². The van der Waals surface area contributed by atoms with Crippen LogP contribution >= 0.6 is 0 Å². The molecule has 1 rings (SSSR count). The number of imide groups is 1. The Morgan fingerprint density at radius 2 is 1.78 bits per heavy atom. The van der Waals surface area contributed by atoms with E-state index in [0.29, 0.717) is 5.06 Å². The van der Waals surface area contributed by atoms with Gasteiger partial charge in [-0.25, -0.2) is 9.18 Å². The van der Waals surface area contributed by atoms with Gasteiger partial charge in [-0.1, -0.05) is 6.92 Å². The van der Waals surface area contributed by atoms with Crippen LogP contribution in [0.5, 0.6) is 0 Å². The van der Waals surface area contributed by atoms with E-state index < -0.39 is 23.6 Å². The Kier molecular flexibility index (Phi) is 4.53. The molecule has 0 aromatic heterocycles. The molecule has 0 N–H and O–H groups in total. The average Bonchev–Trinajstić information content (AvgIpc) is 2.35. The van der Waals surface area contributed by atoms with Crippen molar-refractivity contribution in [1.29, 1.82) is 0 Å². The predicted molar refractivity (Wildman–Crippen MR) is 59.6 cm³/mol. The number of halogens is 1. The fourth-order valence-corrected chi connectivity index (χ4v) is 1.16. The molecule has 1 aromatic rings. The van der Waals surface area contributed by atoms with Crippen LogP contribution in [0.15, 0.2) is 24.3 Å². The zero-order valence-electron chi connectivity index (χ0n) is 9.97. The van der Waals surface area contributed by atoms with E-state index in [1.807, 2.05) is 0 Å². The zero-order valence-corrected chi connectivity index (χ0v) is 9.97. The lowest BCUT2D eigenvalue weighted by atomic mass is 10.2. The minimum atomic E-state index is -0.896. The highest BCUT2D eigenvalue weighted by atomic mass is 19.1. The van der Waals surface area contributed by atoms with Gasteiger partial charge in [-0.15, -0.1) is 5.06 Å². The molecule has 0 saturated carbocycles. The van der Waals surface area contributed by atoms with Crippen LogP contribution in [0.3, 0.4) is 0 Å². The maximum atomic E-state index is 12.7. The number of hydrogen-bond donors (Lipinski definition) is 0. The maximum Gasteiger partial charge on any atom is 0.363 e. The van der Waals surface area contributed by atoms with Gasteiger partial charge in [-0.3, -0.25) is 9.59 Å². The minimum Gasteiger partial charge on any atom is -0.325 e. The van der Waals surface area contributed by atoms with Gasteiger partial charge in [0, 0.05) is 13.3 Å². The Bertz CT molecular complexity index is 469.